The summed E-state index contributed by atoms with van der Waals surface area (Å²) >= 11 is 5.95. The van der Waals surface area contributed by atoms with Crippen molar-refractivity contribution in [3.05, 3.63) is 29.8 Å². The first-order valence-corrected chi connectivity index (χ1v) is 8.57. The Morgan fingerprint density at radius 3 is 2.48 bits per heavy atom. The Morgan fingerprint density at radius 2 is 1.95 bits per heavy atom. The molecule has 7 nitrogen and oxygen atoms in total. The number of nitrogens with one attached hydrogen (secondary N) is 2. The molecule has 0 saturated carbocycles. The maximum Gasteiger partial charge on any atom is 0.347 e. The zero-order chi connectivity index (χ0) is 15.6. The minimum absolute atomic E-state index is 0.0482. The summed E-state index contributed by atoms with van der Waals surface area (Å²) < 4.78 is 25.9. The van der Waals surface area contributed by atoms with E-state index in [1.165, 1.54) is 12.1 Å². The minimum Gasteiger partial charge on any atom is -0.272 e. The fourth-order valence-corrected chi connectivity index (χ4v) is 3.36. The van der Waals surface area contributed by atoms with E-state index in [1.807, 2.05) is 11.6 Å². The molecule has 1 saturated heterocycles. The first kappa shape index (κ1) is 15.7. The smallest absolute Gasteiger partial charge is 0.272 e. The number of hydrazine groups is 1. The molecule has 10 heteroatoms. The fraction of sp³-hybridized carbons (Fsp3) is 0.182. The summed E-state index contributed by atoms with van der Waals surface area (Å²) in [6.45, 7) is 1.81. The Kier molecular flexibility index (Phi) is 4.49. The number of sulfonamides is 1. The van der Waals surface area contributed by atoms with E-state index >= 15 is 0 Å². The summed E-state index contributed by atoms with van der Waals surface area (Å²) in [5.41, 5.74) is 3.00. The highest BCUT2D eigenvalue weighted by Crippen LogP contribution is 2.17. The molecule has 3 amide bonds. The van der Waals surface area contributed by atoms with Crippen LogP contribution in [0.25, 0.3) is 0 Å². The molecular weight excluding hydrogens is 334 g/mol. The van der Waals surface area contributed by atoms with Crippen molar-refractivity contribution in [1.29, 1.82) is 0 Å². The van der Waals surface area contributed by atoms with Crippen LogP contribution >= 0.6 is 24.0 Å². The van der Waals surface area contributed by atoms with Crippen molar-refractivity contribution in [3.63, 3.8) is 0 Å². The number of thioether (sulfide) groups is 1. The number of hydrogen-bond donors (Lipinski definition) is 2. The predicted molar refractivity (Wildman–Crippen MR) is 81.9 cm³/mol. The van der Waals surface area contributed by atoms with Gasteiger partial charge in [0.05, 0.1) is 10.6 Å². The van der Waals surface area contributed by atoms with Crippen LogP contribution in [0.3, 0.4) is 0 Å². The van der Waals surface area contributed by atoms with Gasteiger partial charge in [-0.15, -0.1) is 0 Å². The molecule has 1 aromatic rings. The van der Waals surface area contributed by atoms with Crippen LogP contribution in [0.15, 0.2) is 29.2 Å². The molecule has 1 fully saturated rings. The van der Waals surface area contributed by atoms with Crippen LogP contribution < -0.4 is 10.1 Å². The van der Waals surface area contributed by atoms with E-state index in [1.54, 1.807) is 12.1 Å². The second-order valence-electron chi connectivity index (χ2n) is 4.14. The van der Waals surface area contributed by atoms with Crippen LogP contribution in [0.5, 0.6) is 0 Å². The lowest BCUT2D eigenvalue weighted by molar-refractivity contribution is -0.125. The Balaban J connectivity index is 2.06. The zero-order valence-electron chi connectivity index (χ0n) is 10.8. The van der Waals surface area contributed by atoms with Crippen LogP contribution in [0.1, 0.15) is 5.56 Å². The van der Waals surface area contributed by atoms with E-state index in [0.29, 0.717) is 0 Å². The number of aryl methyl sites for hydroxylation is 1. The van der Waals surface area contributed by atoms with Crippen molar-refractivity contribution < 1.29 is 18.0 Å². The number of hydrogen-bond acceptors (Lipinski definition) is 6. The normalized spacial score (nSPS) is 15.2. The molecule has 1 aliphatic rings. The SMILES string of the molecule is Cc1ccc(S(=O)(=O)NC(=O)NN2C(=O)CSC2=S)cc1. The third-order valence-electron chi connectivity index (χ3n) is 2.52. The average molecular weight is 345 g/mol. The first-order valence-electron chi connectivity index (χ1n) is 5.69. The van der Waals surface area contributed by atoms with E-state index in [4.69, 9.17) is 12.2 Å². The number of rotatable bonds is 3. The van der Waals surface area contributed by atoms with Crippen LogP contribution in [0, 0.1) is 6.92 Å². The van der Waals surface area contributed by atoms with Gasteiger partial charge in [-0.1, -0.05) is 41.7 Å². The van der Waals surface area contributed by atoms with Crippen LogP contribution in [0.2, 0.25) is 0 Å². The molecule has 2 N–H and O–H groups in total. The Morgan fingerprint density at radius 1 is 1.33 bits per heavy atom. The van der Waals surface area contributed by atoms with Crippen LogP contribution in [0.4, 0.5) is 4.79 Å². The lowest BCUT2D eigenvalue weighted by Crippen LogP contribution is -2.50. The van der Waals surface area contributed by atoms with Gasteiger partial charge in [-0.3, -0.25) is 4.79 Å². The van der Waals surface area contributed by atoms with Gasteiger partial charge in [0.25, 0.3) is 15.9 Å². The van der Waals surface area contributed by atoms with Gasteiger partial charge in [0, 0.05) is 0 Å². The molecule has 0 spiro atoms. The van der Waals surface area contributed by atoms with E-state index in [2.05, 4.69) is 5.43 Å². The standard InChI is InChI=1S/C11H11N3O4S3/c1-7-2-4-8(5-3-7)21(17,18)13-10(16)12-14-9(15)6-20-11(14)19/h2-5H,6H2,1H3,(H2,12,13,16). The van der Waals surface area contributed by atoms with Gasteiger partial charge in [-0.2, -0.15) is 0 Å². The number of benzene rings is 1. The molecule has 0 bridgehead atoms. The molecule has 0 unspecified atom stereocenters. The summed E-state index contributed by atoms with van der Waals surface area (Å²) in [5, 5.41) is 0.847. The number of thiocarbonyl (C=S) groups is 1. The quantitative estimate of drug-likeness (QED) is 0.785. The molecule has 0 aliphatic carbocycles. The third-order valence-corrected chi connectivity index (χ3v) is 5.23. The number of carbonyl (C=O) groups is 2. The molecule has 1 aliphatic heterocycles. The van der Waals surface area contributed by atoms with Crippen LogP contribution in [-0.4, -0.2) is 35.4 Å². The Hall–Kier alpha value is -1.65. The second-order valence-corrected chi connectivity index (χ2v) is 7.43. The van der Waals surface area contributed by atoms with Gasteiger partial charge in [0.1, 0.15) is 0 Å². The number of carbonyl (C=O) groups excluding carboxylic acids is 2. The molecule has 112 valence electrons. The molecular formula is C11H11N3O4S3. The molecule has 0 radical (unpaired) electrons. The highest BCUT2D eigenvalue weighted by atomic mass is 32.2. The number of nitrogens with zero attached hydrogens (tertiary/aromatic N) is 1. The van der Waals surface area contributed by atoms with E-state index < -0.39 is 22.0 Å². The number of amides is 3. The van der Waals surface area contributed by atoms with Crippen molar-refractivity contribution in [1.82, 2.24) is 15.2 Å². The number of urea groups is 1. The van der Waals surface area contributed by atoms with Gasteiger partial charge in [0.15, 0.2) is 4.32 Å². The molecule has 1 aromatic carbocycles. The van der Waals surface area contributed by atoms with Crippen molar-refractivity contribution >= 4 is 50.3 Å². The van der Waals surface area contributed by atoms with Crippen molar-refractivity contribution in [2.45, 2.75) is 11.8 Å². The molecule has 2 rings (SSSR count). The van der Waals surface area contributed by atoms with E-state index in [-0.39, 0.29) is 15.0 Å². The highest BCUT2D eigenvalue weighted by molar-refractivity contribution is 8.23. The minimum atomic E-state index is -4.00. The highest BCUT2D eigenvalue weighted by Gasteiger charge is 2.29. The Bertz CT molecular complexity index is 684. The monoisotopic (exact) mass is 345 g/mol. The molecule has 21 heavy (non-hydrogen) atoms. The van der Waals surface area contributed by atoms with E-state index in [9.17, 15) is 18.0 Å². The molecule has 0 aromatic heterocycles. The summed E-state index contributed by atoms with van der Waals surface area (Å²) in [6, 6.07) is 4.94. The van der Waals surface area contributed by atoms with Crippen molar-refractivity contribution in [2.24, 2.45) is 0 Å². The lowest BCUT2D eigenvalue weighted by Gasteiger charge is -2.16. The topological polar surface area (TPSA) is 95.6 Å². The summed E-state index contributed by atoms with van der Waals surface area (Å²) in [5.74, 6) is -0.294. The van der Waals surface area contributed by atoms with Gasteiger partial charge >= 0.3 is 6.03 Å². The van der Waals surface area contributed by atoms with E-state index in [0.717, 1.165) is 22.3 Å². The van der Waals surface area contributed by atoms with Crippen LogP contribution in [-0.2, 0) is 14.8 Å². The van der Waals surface area contributed by atoms with Gasteiger partial charge in [0.2, 0.25) is 0 Å². The largest absolute Gasteiger partial charge is 0.347 e. The predicted octanol–water partition coefficient (Wildman–Crippen LogP) is 0.758. The fourth-order valence-electron chi connectivity index (χ4n) is 1.49. The van der Waals surface area contributed by atoms with Crippen molar-refractivity contribution in [2.75, 3.05) is 5.75 Å². The lowest BCUT2D eigenvalue weighted by atomic mass is 10.2. The summed E-state index contributed by atoms with van der Waals surface area (Å²) in [7, 11) is -4.00. The van der Waals surface area contributed by atoms with Gasteiger partial charge in [-0.05, 0) is 19.1 Å². The first-order chi connectivity index (χ1) is 9.79. The van der Waals surface area contributed by atoms with Crippen molar-refractivity contribution in [3.8, 4) is 0 Å². The van der Waals surface area contributed by atoms with Gasteiger partial charge < -0.3 is 0 Å². The summed E-state index contributed by atoms with van der Waals surface area (Å²) in [6.07, 6.45) is 0. The zero-order valence-corrected chi connectivity index (χ0v) is 13.3. The third kappa shape index (κ3) is 3.71. The molecule has 1 heterocycles. The maximum atomic E-state index is 12.0. The van der Waals surface area contributed by atoms with Gasteiger partial charge in [-0.25, -0.2) is 28.4 Å². The average Bonchev–Trinajstić information content (AvgIpc) is 2.70. The molecule has 0 atom stereocenters. The summed E-state index contributed by atoms with van der Waals surface area (Å²) in [4.78, 5) is 23.1. The second kappa shape index (κ2) is 6.00. The Labute approximate surface area is 131 Å². The maximum absolute atomic E-state index is 12.0.